The van der Waals surface area contributed by atoms with E-state index in [0.29, 0.717) is 6.54 Å². The minimum Gasteiger partial charge on any atom is -0.340 e. The number of nitrogens with zero attached hydrogens (tertiary/aromatic N) is 1. The first-order chi connectivity index (χ1) is 12.5. The third-order valence-corrected chi connectivity index (χ3v) is 4.71. The third kappa shape index (κ3) is 3.62. The fourth-order valence-corrected chi connectivity index (χ4v) is 3.31. The number of aryl methyl sites for hydroxylation is 1. The highest BCUT2D eigenvalue weighted by Gasteiger charge is 2.32. The number of carbonyl (C=O) groups excluding carboxylic acids is 2. The molecule has 26 heavy (non-hydrogen) atoms. The zero-order valence-electron chi connectivity index (χ0n) is 15.0. The molecular weight excluding hydrogens is 331 g/mol. The molecule has 0 bridgehead atoms. The number of hydrogen-bond donors (Lipinski definition) is 1. The molecule has 1 unspecified atom stereocenters. The highest BCUT2D eigenvalue weighted by Crippen LogP contribution is 2.28. The van der Waals surface area contributed by atoms with Crippen LogP contribution >= 0.6 is 0 Å². The van der Waals surface area contributed by atoms with Crippen molar-refractivity contribution in [2.24, 2.45) is 5.92 Å². The van der Waals surface area contributed by atoms with Gasteiger partial charge in [0.1, 0.15) is 11.9 Å². The first-order valence-corrected chi connectivity index (χ1v) is 8.93. The van der Waals surface area contributed by atoms with Crippen molar-refractivity contribution in [2.45, 2.75) is 32.7 Å². The maximum absolute atomic E-state index is 13.9. The van der Waals surface area contributed by atoms with E-state index in [-0.39, 0.29) is 17.4 Å². The fraction of sp³-hybridized carbons (Fsp3) is 0.333. The zero-order chi connectivity index (χ0) is 18.7. The Balaban J connectivity index is 1.84. The van der Waals surface area contributed by atoms with Gasteiger partial charge >= 0.3 is 0 Å². The lowest BCUT2D eigenvalue weighted by Gasteiger charge is -2.34. The zero-order valence-corrected chi connectivity index (χ0v) is 15.0. The summed E-state index contributed by atoms with van der Waals surface area (Å²) in [5.74, 6) is -1.44. The topological polar surface area (TPSA) is 49.4 Å². The molecule has 1 atom stereocenters. The van der Waals surface area contributed by atoms with Crippen molar-refractivity contribution in [3.05, 3.63) is 65.5 Å². The third-order valence-electron chi connectivity index (χ3n) is 4.71. The Morgan fingerprint density at radius 3 is 2.50 bits per heavy atom. The average molecular weight is 354 g/mol. The number of anilines is 1. The molecule has 0 saturated heterocycles. The Morgan fingerprint density at radius 1 is 1.08 bits per heavy atom. The van der Waals surface area contributed by atoms with E-state index in [0.717, 1.165) is 24.1 Å². The normalized spacial score (nSPS) is 14.7. The molecule has 5 heteroatoms. The molecule has 1 N–H and O–H groups in total. The second kappa shape index (κ2) is 7.68. The molecule has 4 nitrogen and oxygen atoms in total. The van der Waals surface area contributed by atoms with Gasteiger partial charge in [0.25, 0.3) is 5.91 Å². The molecule has 1 aliphatic heterocycles. The summed E-state index contributed by atoms with van der Waals surface area (Å²) in [6.07, 6.45) is 1.82. The summed E-state index contributed by atoms with van der Waals surface area (Å²) in [6, 6.07) is 12.9. The summed E-state index contributed by atoms with van der Waals surface area (Å²) >= 11 is 0. The monoisotopic (exact) mass is 354 g/mol. The van der Waals surface area contributed by atoms with E-state index in [9.17, 15) is 14.0 Å². The largest absolute Gasteiger partial charge is 0.340 e. The van der Waals surface area contributed by atoms with Gasteiger partial charge in [-0.3, -0.25) is 9.59 Å². The fourth-order valence-electron chi connectivity index (χ4n) is 3.31. The number of halogens is 1. The lowest BCUT2D eigenvalue weighted by molar-refractivity contribution is -0.121. The smallest absolute Gasteiger partial charge is 0.254 e. The molecule has 1 aliphatic rings. The van der Waals surface area contributed by atoms with Gasteiger partial charge in [0.15, 0.2) is 0 Å². The Morgan fingerprint density at radius 2 is 1.77 bits per heavy atom. The molecule has 0 aromatic heterocycles. The molecule has 0 saturated carbocycles. The van der Waals surface area contributed by atoms with Gasteiger partial charge in [-0.1, -0.05) is 44.2 Å². The highest BCUT2D eigenvalue weighted by atomic mass is 19.1. The van der Waals surface area contributed by atoms with E-state index in [1.165, 1.54) is 18.2 Å². The van der Waals surface area contributed by atoms with Crippen LogP contribution in [-0.4, -0.2) is 24.4 Å². The van der Waals surface area contributed by atoms with E-state index in [2.05, 4.69) is 5.32 Å². The summed E-state index contributed by atoms with van der Waals surface area (Å²) in [7, 11) is 0. The van der Waals surface area contributed by atoms with Crippen molar-refractivity contribution in [1.82, 2.24) is 5.32 Å². The van der Waals surface area contributed by atoms with Crippen LogP contribution in [0.4, 0.5) is 10.1 Å². The SMILES string of the molecule is CC(C)C(NC(=O)c1ccccc1F)C(=O)N1CCCc2ccccc21. The van der Waals surface area contributed by atoms with Gasteiger partial charge in [-0.05, 0) is 42.5 Å². The number of nitrogens with one attached hydrogen (secondary N) is 1. The van der Waals surface area contributed by atoms with Crippen LogP contribution in [0.3, 0.4) is 0 Å². The van der Waals surface area contributed by atoms with Crippen LogP contribution in [0.2, 0.25) is 0 Å². The molecule has 0 aliphatic carbocycles. The summed E-state index contributed by atoms with van der Waals surface area (Å²) in [5, 5.41) is 2.73. The van der Waals surface area contributed by atoms with Gasteiger partial charge in [-0.2, -0.15) is 0 Å². The number of para-hydroxylation sites is 1. The number of amides is 2. The number of rotatable bonds is 4. The molecule has 2 amide bonds. The predicted molar refractivity (Wildman–Crippen MR) is 99.6 cm³/mol. The van der Waals surface area contributed by atoms with Crippen molar-refractivity contribution < 1.29 is 14.0 Å². The van der Waals surface area contributed by atoms with Crippen molar-refractivity contribution >= 4 is 17.5 Å². The number of carbonyl (C=O) groups is 2. The standard InChI is InChI=1S/C21H23FN2O2/c1-14(2)19(23-20(25)16-10-4-5-11-17(16)22)21(26)24-13-7-9-15-8-3-6-12-18(15)24/h3-6,8,10-12,14,19H,7,9,13H2,1-2H3,(H,23,25). The molecule has 2 aromatic rings. The summed E-state index contributed by atoms with van der Waals surface area (Å²) in [4.78, 5) is 27.4. The van der Waals surface area contributed by atoms with Crippen molar-refractivity contribution in [1.29, 1.82) is 0 Å². The Hall–Kier alpha value is -2.69. The second-order valence-corrected chi connectivity index (χ2v) is 6.90. The molecular formula is C21H23FN2O2. The predicted octanol–water partition coefficient (Wildman–Crippen LogP) is 3.56. The van der Waals surface area contributed by atoms with E-state index in [1.54, 1.807) is 11.0 Å². The highest BCUT2D eigenvalue weighted by molar-refractivity contribution is 6.03. The van der Waals surface area contributed by atoms with E-state index < -0.39 is 17.8 Å². The second-order valence-electron chi connectivity index (χ2n) is 6.90. The van der Waals surface area contributed by atoms with Crippen LogP contribution in [0.1, 0.15) is 36.2 Å². The molecule has 0 spiro atoms. The molecule has 0 radical (unpaired) electrons. The maximum atomic E-state index is 13.9. The van der Waals surface area contributed by atoms with Crippen LogP contribution in [0.15, 0.2) is 48.5 Å². The average Bonchev–Trinajstić information content (AvgIpc) is 2.65. The minimum absolute atomic E-state index is 0.0509. The molecule has 1 heterocycles. The molecule has 0 fully saturated rings. The number of benzene rings is 2. The van der Waals surface area contributed by atoms with E-state index >= 15 is 0 Å². The Labute approximate surface area is 153 Å². The van der Waals surface area contributed by atoms with Gasteiger partial charge in [0, 0.05) is 12.2 Å². The van der Waals surface area contributed by atoms with Crippen molar-refractivity contribution in [3.8, 4) is 0 Å². The van der Waals surface area contributed by atoms with E-state index in [4.69, 9.17) is 0 Å². The first-order valence-electron chi connectivity index (χ1n) is 8.93. The maximum Gasteiger partial charge on any atom is 0.254 e. The van der Waals surface area contributed by atoms with Crippen LogP contribution in [-0.2, 0) is 11.2 Å². The van der Waals surface area contributed by atoms with Crippen molar-refractivity contribution in [3.63, 3.8) is 0 Å². The van der Waals surface area contributed by atoms with Gasteiger partial charge < -0.3 is 10.2 Å². The number of hydrogen-bond acceptors (Lipinski definition) is 2. The molecule has 136 valence electrons. The summed E-state index contributed by atoms with van der Waals surface area (Å²) < 4.78 is 13.9. The van der Waals surface area contributed by atoms with Gasteiger partial charge in [0.05, 0.1) is 5.56 Å². The Bertz CT molecular complexity index is 819. The van der Waals surface area contributed by atoms with E-state index in [1.807, 2.05) is 38.1 Å². The van der Waals surface area contributed by atoms with Crippen molar-refractivity contribution in [2.75, 3.05) is 11.4 Å². The number of fused-ring (bicyclic) bond motifs is 1. The van der Waals surface area contributed by atoms with Crippen LogP contribution < -0.4 is 10.2 Å². The molecule has 3 rings (SSSR count). The minimum atomic E-state index is -0.715. The summed E-state index contributed by atoms with van der Waals surface area (Å²) in [5.41, 5.74) is 1.98. The van der Waals surface area contributed by atoms with Crippen LogP contribution in [0.5, 0.6) is 0 Å². The first kappa shape index (κ1) is 18.1. The summed E-state index contributed by atoms with van der Waals surface area (Å²) in [6.45, 7) is 4.37. The lowest BCUT2D eigenvalue weighted by Crippen LogP contribution is -2.52. The lowest BCUT2D eigenvalue weighted by atomic mass is 9.97. The quantitative estimate of drug-likeness (QED) is 0.913. The Kier molecular flexibility index (Phi) is 5.35. The van der Waals surface area contributed by atoms with Crippen LogP contribution in [0.25, 0.3) is 0 Å². The van der Waals surface area contributed by atoms with Crippen LogP contribution in [0, 0.1) is 11.7 Å². The van der Waals surface area contributed by atoms with Gasteiger partial charge in [-0.25, -0.2) is 4.39 Å². The van der Waals surface area contributed by atoms with Gasteiger partial charge in [-0.15, -0.1) is 0 Å². The van der Waals surface area contributed by atoms with Gasteiger partial charge in [0.2, 0.25) is 5.91 Å². The molecule has 2 aromatic carbocycles.